The molecule has 3 aliphatic carbocycles. The minimum atomic E-state index is -0.177. The summed E-state index contributed by atoms with van der Waals surface area (Å²) in [7, 11) is 1.64. The normalized spacial score (nSPS) is 35.2. The van der Waals surface area contributed by atoms with Gasteiger partial charge in [-0.1, -0.05) is 26.7 Å². The molecule has 0 spiro atoms. The molecular formula is C28H40FN3O2. The van der Waals surface area contributed by atoms with E-state index in [1.165, 1.54) is 32.1 Å². The van der Waals surface area contributed by atoms with Crippen LogP contribution in [0.25, 0.3) is 11.0 Å². The Morgan fingerprint density at radius 1 is 1.12 bits per heavy atom. The Morgan fingerprint density at radius 3 is 2.71 bits per heavy atom. The molecule has 3 fully saturated rings. The van der Waals surface area contributed by atoms with Crippen molar-refractivity contribution in [2.75, 3.05) is 13.8 Å². The van der Waals surface area contributed by atoms with Crippen LogP contribution in [0.2, 0.25) is 0 Å². The highest BCUT2D eigenvalue weighted by molar-refractivity contribution is 5.82. The summed E-state index contributed by atoms with van der Waals surface area (Å²) >= 11 is 0. The molecule has 2 aromatic rings. The highest BCUT2D eigenvalue weighted by Gasteiger charge is 2.57. The lowest BCUT2D eigenvalue weighted by Crippen LogP contribution is -2.48. The number of hydrogen-bond donors (Lipinski definition) is 0. The first-order valence-electron chi connectivity index (χ1n) is 13.5. The maximum absolute atomic E-state index is 13.6. The number of nitrogens with zero attached hydrogens (tertiary/aromatic N) is 3. The molecule has 7 atom stereocenters. The van der Waals surface area contributed by atoms with Crippen LogP contribution in [0.1, 0.15) is 71.6 Å². The third kappa shape index (κ3) is 4.05. The fraction of sp³-hybridized carbons (Fsp3) is 0.750. The molecule has 1 aromatic heterocycles. The number of rotatable bonds is 8. The number of benzene rings is 1. The van der Waals surface area contributed by atoms with Crippen LogP contribution >= 0.6 is 0 Å². The fourth-order valence-corrected chi connectivity index (χ4v) is 8.43. The van der Waals surface area contributed by atoms with E-state index in [2.05, 4.69) is 24.0 Å². The van der Waals surface area contributed by atoms with Crippen LogP contribution in [0, 0.1) is 40.9 Å². The molecule has 0 saturated heterocycles. The minimum Gasteiger partial charge on any atom is -0.497 e. The highest BCUT2D eigenvalue weighted by Crippen LogP contribution is 2.63. The van der Waals surface area contributed by atoms with Crippen LogP contribution in [-0.2, 0) is 11.3 Å². The monoisotopic (exact) mass is 469 g/mol. The molecule has 0 bridgehead atoms. The Balaban J connectivity index is 1.31. The van der Waals surface area contributed by atoms with Crippen molar-refractivity contribution >= 4 is 16.8 Å². The second kappa shape index (κ2) is 9.58. The average Bonchev–Trinajstić information content (AvgIpc) is 3.39. The van der Waals surface area contributed by atoms with Crippen LogP contribution < -0.4 is 4.74 Å². The minimum absolute atomic E-state index is 0.0811. The molecule has 34 heavy (non-hydrogen) atoms. The van der Waals surface area contributed by atoms with Crippen molar-refractivity contribution < 1.29 is 13.9 Å². The van der Waals surface area contributed by atoms with E-state index in [1.807, 2.05) is 18.2 Å². The van der Waals surface area contributed by atoms with Gasteiger partial charge in [0.05, 0.1) is 13.8 Å². The van der Waals surface area contributed by atoms with Gasteiger partial charge in [0.25, 0.3) is 0 Å². The van der Waals surface area contributed by atoms with Crippen LogP contribution in [0.3, 0.4) is 0 Å². The molecule has 6 heteroatoms. The van der Waals surface area contributed by atoms with Gasteiger partial charge in [-0.15, -0.1) is 0 Å². The summed E-state index contributed by atoms with van der Waals surface area (Å²) in [5.74, 6) is 4.43. The number of fused-ring (bicyclic) bond motifs is 4. The van der Waals surface area contributed by atoms with Gasteiger partial charge in [0, 0.05) is 12.0 Å². The molecule has 0 radical (unpaired) electrons. The smallest absolute Gasteiger partial charge is 0.159 e. The van der Waals surface area contributed by atoms with E-state index in [-0.39, 0.29) is 30.3 Å². The van der Waals surface area contributed by atoms with Crippen molar-refractivity contribution in [3.05, 3.63) is 18.2 Å². The first kappa shape index (κ1) is 23.7. The van der Waals surface area contributed by atoms with Crippen molar-refractivity contribution in [3.8, 4) is 5.75 Å². The Labute approximate surface area is 202 Å². The molecule has 1 heterocycles. The van der Waals surface area contributed by atoms with Gasteiger partial charge in [-0.2, -0.15) is 15.0 Å². The summed E-state index contributed by atoms with van der Waals surface area (Å²) < 4.78 is 18.6. The van der Waals surface area contributed by atoms with Gasteiger partial charge in [-0.25, -0.2) is 0 Å². The van der Waals surface area contributed by atoms with Crippen molar-refractivity contribution in [1.82, 2.24) is 15.0 Å². The lowest BCUT2D eigenvalue weighted by Gasteiger charge is -2.54. The Bertz CT molecular complexity index is 1020. The Morgan fingerprint density at radius 2 is 1.94 bits per heavy atom. The molecule has 5 rings (SSSR count). The zero-order valence-corrected chi connectivity index (χ0v) is 21.0. The molecule has 0 aliphatic heterocycles. The zero-order chi connectivity index (χ0) is 23.9. The second-order valence-electron chi connectivity index (χ2n) is 11.4. The quantitative estimate of drug-likeness (QED) is 0.458. The Kier molecular flexibility index (Phi) is 6.69. The fourth-order valence-electron chi connectivity index (χ4n) is 8.43. The van der Waals surface area contributed by atoms with Crippen molar-refractivity contribution in [3.63, 3.8) is 0 Å². The molecule has 186 valence electrons. The predicted molar refractivity (Wildman–Crippen MR) is 131 cm³/mol. The molecule has 7 unspecified atom stereocenters. The van der Waals surface area contributed by atoms with Crippen molar-refractivity contribution in [2.45, 2.75) is 78.2 Å². The average molecular weight is 470 g/mol. The first-order chi connectivity index (χ1) is 16.5. The SMILES string of the molecule is CCCC1C(CCF)CCC2C1CCC1(C)C(C(=O)Cn3nc4ccc(OC)cc4n3)CCC21. The third-order valence-corrected chi connectivity index (χ3v) is 9.94. The summed E-state index contributed by atoms with van der Waals surface area (Å²) in [4.78, 5) is 15.1. The number of Topliss-reactive ketones (excluding diaryl/α,β-unsaturated/α-hetero) is 1. The summed E-state index contributed by atoms with van der Waals surface area (Å²) in [5, 5.41) is 9.10. The number of alkyl halides is 1. The summed E-state index contributed by atoms with van der Waals surface area (Å²) in [6.07, 6.45) is 10.1. The summed E-state index contributed by atoms with van der Waals surface area (Å²) in [5.41, 5.74) is 1.63. The lowest BCUT2D eigenvalue weighted by molar-refractivity contribution is -0.131. The van der Waals surface area contributed by atoms with Crippen LogP contribution in [0.15, 0.2) is 18.2 Å². The number of methoxy groups -OCH3 is 1. The predicted octanol–water partition coefficient (Wildman–Crippen LogP) is 6.25. The molecule has 3 aliphatic rings. The Hall–Kier alpha value is -1.98. The van der Waals surface area contributed by atoms with Crippen LogP contribution in [0.4, 0.5) is 4.39 Å². The van der Waals surface area contributed by atoms with Gasteiger partial charge < -0.3 is 4.74 Å². The van der Waals surface area contributed by atoms with Gasteiger partial charge in [0.2, 0.25) is 0 Å². The van der Waals surface area contributed by atoms with Crippen LogP contribution in [-0.4, -0.2) is 34.6 Å². The van der Waals surface area contributed by atoms with Gasteiger partial charge in [0.15, 0.2) is 5.78 Å². The first-order valence-corrected chi connectivity index (χ1v) is 13.5. The summed E-state index contributed by atoms with van der Waals surface area (Å²) in [6.45, 7) is 4.73. The van der Waals surface area contributed by atoms with E-state index in [4.69, 9.17) is 4.74 Å². The third-order valence-electron chi connectivity index (χ3n) is 9.94. The maximum Gasteiger partial charge on any atom is 0.159 e. The van der Waals surface area contributed by atoms with Gasteiger partial charge in [0.1, 0.15) is 23.3 Å². The number of aromatic nitrogens is 3. The number of ketones is 1. The molecule has 0 amide bonds. The van der Waals surface area contributed by atoms with E-state index in [0.717, 1.165) is 48.4 Å². The zero-order valence-electron chi connectivity index (χ0n) is 21.0. The topological polar surface area (TPSA) is 57.0 Å². The van der Waals surface area contributed by atoms with Crippen molar-refractivity contribution in [1.29, 1.82) is 0 Å². The van der Waals surface area contributed by atoms with E-state index >= 15 is 0 Å². The van der Waals surface area contributed by atoms with Crippen LogP contribution in [0.5, 0.6) is 5.75 Å². The maximum atomic E-state index is 13.6. The standard InChI is InChI=1S/C28H40FN3O2/c1-4-5-20-18(13-15-29)6-8-22-21(20)12-14-28(2)23(22)9-10-24(28)27(33)17-32-30-25-11-7-19(34-3)16-26(25)31-32/h7,11,16,18,20-24H,4-6,8-10,12-15,17H2,1-3H3. The van der Waals surface area contributed by atoms with E-state index in [1.54, 1.807) is 11.9 Å². The molecule has 3 saturated carbocycles. The van der Waals surface area contributed by atoms with E-state index in [0.29, 0.717) is 23.7 Å². The second-order valence-corrected chi connectivity index (χ2v) is 11.4. The number of hydrogen-bond acceptors (Lipinski definition) is 4. The van der Waals surface area contributed by atoms with E-state index < -0.39 is 0 Å². The van der Waals surface area contributed by atoms with Gasteiger partial charge in [-0.3, -0.25) is 9.18 Å². The summed E-state index contributed by atoms with van der Waals surface area (Å²) in [6, 6.07) is 5.63. The largest absolute Gasteiger partial charge is 0.497 e. The van der Waals surface area contributed by atoms with Crippen molar-refractivity contribution in [2.24, 2.45) is 40.9 Å². The number of ether oxygens (including phenoxy) is 1. The molecule has 5 nitrogen and oxygen atoms in total. The molecular weight excluding hydrogens is 429 g/mol. The molecule has 1 aromatic carbocycles. The van der Waals surface area contributed by atoms with E-state index in [9.17, 15) is 9.18 Å². The van der Waals surface area contributed by atoms with Gasteiger partial charge >= 0.3 is 0 Å². The van der Waals surface area contributed by atoms with Gasteiger partial charge in [-0.05, 0) is 92.1 Å². The lowest BCUT2D eigenvalue weighted by atomic mass is 9.50. The number of carbonyl (C=O) groups excluding carboxylic acids is 1. The molecule has 0 N–H and O–H groups in total. The highest BCUT2D eigenvalue weighted by atomic mass is 19.1. The number of carbonyl (C=O) groups is 1. The number of halogens is 1.